The van der Waals surface area contributed by atoms with Crippen LogP contribution in [0.5, 0.6) is 0 Å². The van der Waals surface area contributed by atoms with Gasteiger partial charge in [0.25, 0.3) is 0 Å². The van der Waals surface area contributed by atoms with Gasteiger partial charge in [0.2, 0.25) is 0 Å². The fourth-order valence-electron chi connectivity index (χ4n) is 9.90. The zero-order valence-corrected chi connectivity index (χ0v) is 35.7. The molecule has 0 saturated heterocycles. The van der Waals surface area contributed by atoms with Crippen molar-refractivity contribution in [3.05, 3.63) is 236 Å². The van der Waals surface area contributed by atoms with Crippen molar-refractivity contribution in [2.24, 2.45) is 0 Å². The second-order valence-electron chi connectivity index (χ2n) is 17.4. The molecule has 0 N–H and O–H groups in total. The first-order valence-electron chi connectivity index (χ1n) is 22.1. The van der Waals surface area contributed by atoms with Gasteiger partial charge in [0, 0.05) is 38.6 Å². The average molecular weight is 818 g/mol. The lowest BCUT2D eigenvalue weighted by Crippen LogP contribution is -2.14. The Morgan fingerprint density at radius 1 is 0.328 bits per heavy atom. The summed E-state index contributed by atoms with van der Waals surface area (Å²) in [7, 11) is 0. The quantitative estimate of drug-likeness (QED) is 0.160. The van der Waals surface area contributed by atoms with Gasteiger partial charge in [-0.05, 0) is 104 Å². The van der Waals surface area contributed by atoms with Gasteiger partial charge < -0.3 is 4.57 Å². The topological polar surface area (TPSA) is 30.7 Å². The molecule has 302 valence electrons. The van der Waals surface area contributed by atoms with Crippen LogP contribution in [0.4, 0.5) is 0 Å². The third kappa shape index (κ3) is 6.36. The number of nitrogens with zero attached hydrogens (tertiary/aromatic N) is 3. The average Bonchev–Trinajstić information content (AvgIpc) is 3.81. The summed E-state index contributed by atoms with van der Waals surface area (Å²) in [5, 5.41) is 2.45. The number of benzene rings is 9. The van der Waals surface area contributed by atoms with E-state index in [2.05, 4.69) is 219 Å². The number of fused-ring (bicyclic) bond motifs is 6. The molecule has 3 heteroatoms. The molecule has 2 heterocycles. The van der Waals surface area contributed by atoms with E-state index in [1.807, 2.05) is 24.3 Å². The Hall–Kier alpha value is -8.14. The number of rotatable bonds is 7. The first-order valence-corrected chi connectivity index (χ1v) is 22.1. The molecule has 64 heavy (non-hydrogen) atoms. The fraction of sp³-hybridized carbons (Fsp3) is 0.0492. The van der Waals surface area contributed by atoms with E-state index in [1.54, 1.807) is 0 Å². The Morgan fingerprint density at radius 2 is 0.750 bits per heavy atom. The summed E-state index contributed by atoms with van der Waals surface area (Å²) in [6, 6.07) is 80.9. The molecule has 2 aromatic heterocycles. The van der Waals surface area contributed by atoms with Gasteiger partial charge in [-0.1, -0.05) is 190 Å². The van der Waals surface area contributed by atoms with E-state index in [-0.39, 0.29) is 5.41 Å². The summed E-state index contributed by atoms with van der Waals surface area (Å²) in [6.45, 7) is 4.68. The molecule has 0 atom stereocenters. The van der Waals surface area contributed by atoms with Crippen LogP contribution >= 0.6 is 0 Å². The van der Waals surface area contributed by atoms with Crippen molar-refractivity contribution >= 4 is 21.8 Å². The summed E-state index contributed by atoms with van der Waals surface area (Å²) >= 11 is 0. The van der Waals surface area contributed by atoms with Crippen molar-refractivity contribution in [3.63, 3.8) is 0 Å². The Balaban J connectivity index is 0.966. The van der Waals surface area contributed by atoms with Crippen LogP contribution in [0.3, 0.4) is 0 Å². The van der Waals surface area contributed by atoms with Gasteiger partial charge in [0.05, 0.1) is 22.4 Å². The number of hydrogen-bond donors (Lipinski definition) is 0. The van der Waals surface area contributed by atoms with Crippen LogP contribution in [-0.2, 0) is 5.41 Å². The standard InChI is InChI=1S/C61H43N3/c1-61(2)54-21-13-12-20-50(54)51-36-47(28-33-55(51)61)48-30-35-59-53(38-48)52-37-46(41-16-8-4-9-17-41)29-34-58(52)64(59)49-31-26-44(27-32-49)57-39-56(62-60(63-57)45-18-10-5-11-19-45)43-24-22-42(23-25-43)40-14-6-3-7-15-40/h3-39H,1-2H3. The van der Waals surface area contributed by atoms with E-state index in [1.165, 1.54) is 77.4 Å². The highest BCUT2D eigenvalue weighted by molar-refractivity contribution is 6.11. The molecule has 0 spiro atoms. The highest BCUT2D eigenvalue weighted by Crippen LogP contribution is 2.50. The number of aromatic nitrogens is 3. The summed E-state index contributed by atoms with van der Waals surface area (Å²) in [5.41, 5.74) is 20.9. The van der Waals surface area contributed by atoms with Crippen LogP contribution in [0.15, 0.2) is 224 Å². The molecule has 11 aromatic rings. The minimum Gasteiger partial charge on any atom is -0.309 e. The van der Waals surface area contributed by atoms with Gasteiger partial charge in [0.1, 0.15) is 0 Å². The monoisotopic (exact) mass is 817 g/mol. The molecule has 3 nitrogen and oxygen atoms in total. The Morgan fingerprint density at radius 3 is 1.36 bits per heavy atom. The maximum Gasteiger partial charge on any atom is 0.160 e. The van der Waals surface area contributed by atoms with Gasteiger partial charge in [-0.15, -0.1) is 0 Å². The molecule has 0 aliphatic heterocycles. The third-order valence-corrected chi connectivity index (χ3v) is 13.3. The van der Waals surface area contributed by atoms with Gasteiger partial charge >= 0.3 is 0 Å². The second-order valence-corrected chi connectivity index (χ2v) is 17.4. The van der Waals surface area contributed by atoms with Crippen molar-refractivity contribution in [1.29, 1.82) is 0 Å². The summed E-state index contributed by atoms with van der Waals surface area (Å²) in [4.78, 5) is 10.3. The molecule has 0 amide bonds. The molecule has 1 aliphatic rings. The van der Waals surface area contributed by atoms with Crippen LogP contribution in [0.1, 0.15) is 25.0 Å². The predicted molar refractivity (Wildman–Crippen MR) is 267 cm³/mol. The molecule has 1 aliphatic carbocycles. The lowest BCUT2D eigenvalue weighted by atomic mass is 9.82. The maximum absolute atomic E-state index is 5.16. The Bertz CT molecular complexity index is 3530. The van der Waals surface area contributed by atoms with Crippen LogP contribution in [0.25, 0.3) is 106 Å². The first-order chi connectivity index (χ1) is 31.5. The zero-order valence-electron chi connectivity index (χ0n) is 35.7. The second kappa shape index (κ2) is 15.0. The fourth-order valence-corrected chi connectivity index (χ4v) is 9.90. The molecular weight excluding hydrogens is 775 g/mol. The van der Waals surface area contributed by atoms with Gasteiger partial charge in [-0.3, -0.25) is 0 Å². The van der Waals surface area contributed by atoms with E-state index < -0.39 is 0 Å². The third-order valence-electron chi connectivity index (χ3n) is 13.3. The molecular formula is C61H43N3. The molecule has 0 fully saturated rings. The van der Waals surface area contributed by atoms with E-state index >= 15 is 0 Å². The molecule has 12 rings (SSSR count). The SMILES string of the molecule is CC1(C)c2ccccc2-c2cc(-c3ccc4c(c3)c3cc(-c5ccccc5)ccc3n4-c3ccc(-c4cc(-c5ccc(-c6ccccc6)cc5)nc(-c5ccccc5)n4)cc3)ccc21. The Labute approximate surface area is 373 Å². The van der Waals surface area contributed by atoms with E-state index in [0.29, 0.717) is 5.82 Å². The maximum atomic E-state index is 5.16. The van der Waals surface area contributed by atoms with Crippen LogP contribution in [-0.4, -0.2) is 14.5 Å². The predicted octanol–water partition coefficient (Wildman–Crippen LogP) is 15.9. The smallest absolute Gasteiger partial charge is 0.160 e. The summed E-state index contributed by atoms with van der Waals surface area (Å²) in [6.07, 6.45) is 0. The summed E-state index contributed by atoms with van der Waals surface area (Å²) < 4.78 is 2.41. The first kappa shape index (κ1) is 37.6. The summed E-state index contributed by atoms with van der Waals surface area (Å²) in [5.74, 6) is 0.702. The highest BCUT2D eigenvalue weighted by Gasteiger charge is 2.35. The molecule has 0 unspecified atom stereocenters. The van der Waals surface area contributed by atoms with E-state index in [9.17, 15) is 0 Å². The molecule has 9 aromatic carbocycles. The molecule has 0 saturated carbocycles. The van der Waals surface area contributed by atoms with Gasteiger partial charge in [-0.2, -0.15) is 0 Å². The van der Waals surface area contributed by atoms with Crippen molar-refractivity contribution in [2.75, 3.05) is 0 Å². The van der Waals surface area contributed by atoms with Crippen molar-refractivity contribution in [1.82, 2.24) is 14.5 Å². The lowest BCUT2D eigenvalue weighted by molar-refractivity contribution is 0.660. The molecule has 0 radical (unpaired) electrons. The minimum atomic E-state index is -0.0275. The van der Waals surface area contributed by atoms with Crippen molar-refractivity contribution < 1.29 is 0 Å². The lowest BCUT2D eigenvalue weighted by Gasteiger charge is -2.21. The zero-order chi connectivity index (χ0) is 42.8. The van der Waals surface area contributed by atoms with Crippen LogP contribution < -0.4 is 0 Å². The van der Waals surface area contributed by atoms with Crippen LogP contribution in [0, 0.1) is 0 Å². The van der Waals surface area contributed by atoms with Crippen molar-refractivity contribution in [3.8, 4) is 84.1 Å². The minimum absolute atomic E-state index is 0.0275. The van der Waals surface area contributed by atoms with E-state index in [4.69, 9.17) is 9.97 Å². The van der Waals surface area contributed by atoms with Gasteiger partial charge in [0.15, 0.2) is 5.82 Å². The van der Waals surface area contributed by atoms with E-state index in [0.717, 1.165) is 33.8 Å². The van der Waals surface area contributed by atoms with Crippen LogP contribution in [0.2, 0.25) is 0 Å². The largest absolute Gasteiger partial charge is 0.309 e. The Kier molecular flexibility index (Phi) is 8.84. The number of hydrogen-bond acceptors (Lipinski definition) is 2. The van der Waals surface area contributed by atoms with Crippen molar-refractivity contribution in [2.45, 2.75) is 19.3 Å². The highest BCUT2D eigenvalue weighted by atomic mass is 15.0. The molecule has 0 bridgehead atoms. The van der Waals surface area contributed by atoms with Gasteiger partial charge in [-0.25, -0.2) is 9.97 Å². The normalized spacial score (nSPS) is 12.7.